The lowest BCUT2D eigenvalue weighted by Crippen LogP contribution is -2.19. The van der Waals surface area contributed by atoms with Gasteiger partial charge in [0.05, 0.1) is 11.6 Å². The minimum atomic E-state index is -4.32. The maximum Gasteiger partial charge on any atom is 0.411 e. The Kier molecular flexibility index (Phi) is 5.71. The quantitative estimate of drug-likeness (QED) is 0.817. The van der Waals surface area contributed by atoms with Crippen molar-refractivity contribution < 1.29 is 22.6 Å². The van der Waals surface area contributed by atoms with Crippen molar-refractivity contribution in [1.82, 2.24) is 0 Å². The summed E-state index contributed by atoms with van der Waals surface area (Å²) >= 11 is 5.89. The van der Waals surface area contributed by atoms with Crippen molar-refractivity contribution in [3.05, 3.63) is 28.8 Å². The first kappa shape index (κ1) is 15.1. The standard InChI is InChI=1S/C11H13ClF3NO2/c12-9-5-8(6-16)1-2-10(9)18-4-3-17-7-11(13,14)15/h1-2,5H,3-4,6-7,16H2. The van der Waals surface area contributed by atoms with Crippen molar-refractivity contribution in [2.24, 2.45) is 5.73 Å². The van der Waals surface area contributed by atoms with E-state index in [0.717, 1.165) is 5.56 Å². The fraction of sp³-hybridized carbons (Fsp3) is 0.455. The molecule has 18 heavy (non-hydrogen) atoms. The molecule has 0 aliphatic heterocycles. The molecule has 0 spiro atoms. The average molecular weight is 284 g/mol. The zero-order chi connectivity index (χ0) is 13.6. The van der Waals surface area contributed by atoms with E-state index in [-0.39, 0.29) is 13.2 Å². The number of nitrogens with two attached hydrogens (primary N) is 1. The molecule has 0 aliphatic rings. The average Bonchev–Trinajstić information content (AvgIpc) is 2.29. The van der Waals surface area contributed by atoms with Crippen molar-refractivity contribution in [3.8, 4) is 5.75 Å². The summed E-state index contributed by atoms with van der Waals surface area (Å²) in [6, 6.07) is 5.00. The molecule has 1 aromatic carbocycles. The topological polar surface area (TPSA) is 44.5 Å². The van der Waals surface area contributed by atoms with Gasteiger partial charge in [0, 0.05) is 6.54 Å². The Bertz CT molecular complexity index is 385. The van der Waals surface area contributed by atoms with Crippen LogP contribution in [0.2, 0.25) is 5.02 Å². The molecule has 0 saturated carbocycles. The second-order valence-corrected chi connectivity index (χ2v) is 3.89. The van der Waals surface area contributed by atoms with Crippen molar-refractivity contribution in [2.75, 3.05) is 19.8 Å². The summed E-state index contributed by atoms with van der Waals surface area (Å²) in [5, 5.41) is 0.369. The van der Waals surface area contributed by atoms with Crippen LogP contribution in [-0.4, -0.2) is 26.0 Å². The van der Waals surface area contributed by atoms with Gasteiger partial charge in [-0.05, 0) is 17.7 Å². The molecule has 0 saturated heterocycles. The fourth-order valence-electron chi connectivity index (χ4n) is 1.19. The van der Waals surface area contributed by atoms with E-state index in [1.807, 2.05) is 0 Å². The van der Waals surface area contributed by atoms with Gasteiger partial charge >= 0.3 is 6.18 Å². The highest BCUT2D eigenvalue weighted by Gasteiger charge is 2.27. The van der Waals surface area contributed by atoms with Crippen LogP contribution in [0.3, 0.4) is 0 Å². The first-order valence-corrected chi connectivity index (χ1v) is 5.56. The Hall–Kier alpha value is -0.980. The molecule has 0 aliphatic carbocycles. The smallest absolute Gasteiger partial charge is 0.411 e. The van der Waals surface area contributed by atoms with Crippen molar-refractivity contribution in [2.45, 2.75) is 12.7 Å². The highest BCUT2D eigenvalue weighted by atomic mass is 35.5. The Morgan fingerprint density at radius 2 is 1.94 bits per heavy atom. The lowest BCUT2D eigenvalue weighted by molar-refractivity contribution is -0.175. The molecule has 3 nitrogen and oxygen atoms in total. The molecule has 0 radical (unpaired) electrons. The van der Waals surface area contributed by atoms with E-state index in [4.69, 9.17) is 22.1 Å². The predicted octanol–water partition coefficient (Wildman–Crippen LogP) is 2.76. The molecule has 7 heteroatoms. The summed E-state index contributed by atoms with van der Waals surface area (Å²) < 4.78 is 44.8. The second-order valence-electron chi connectivity index (χ2n) is 3.49. The largest absolute Gasteiger partial charge is 0.490 e. The maximum absolute atomic E-state index is 11.8. The zero-order valence-corrected chi connectivity index (χ0v) is 10.2. The third-order valence-corrected chi connectivity index (χ3v) is 2.28. The van der Waals surface area contributed by atoms with Crippen LogP contribution in [0.5, 0.6) is 5.75 Å². The molecule has 0 heterocycles. The van der Waals surface area contributed by atoms with Crippen molar-refractivity contribution in [1.29, 1.82) is 0 Å². The minimum Gasteiger partial charge on any atom is -0.490 e. The van der Waals surface area contributed by atoms with Crippen LogP contribution in [0, 0.1) is 0 Å². The molecule has 1 aromatic rings. The molecule has 0 unspecified atom stereocenters. The molecule has 0 fully saturated rings. The summed E-state index contributed by atoms with van der Waals surface area (Å²) in [6.07, 6.45) is -4.32. The number of halogens is 4. The van der Waals surface area contributed by atoms with E-state index >= 15 is 0 Å². The lowest BCUT2D eigenvalue weighted by atomic mass is 10.2. The molecule has 0 atom stereocenters. The fourth-order valence-corrected chi connectivity index (χ4v) is 1.44. The normalized spacial score (nSPS) is 11.6. The van der Waals surface area contributed by atoms with Crippen LogP contribution in [0.4, 0.5) is 13.2 Å². The van der Waals surface area contributed by atoms with Crippen LogP contribution < -0.4 is 10.5 Å². The van der Waals surface area contributed by atoms with Gasteiger partial charge in [0.15, 0.2) is 0 Å². The molecule has 0 bridgehead atoms. The first-order valence-electron chi connectivity index (χ1n) is 5.18. The molecule has 102 valence electrons. The third kappa shape index (κ3) is 5.57. The van der Waals surface area contributed by atoms with Crippen LogP contribution in [-0.2, 0) is 11.3 Å². The summed E-state index contributed by atoms with van der Waals surface area (Å²) in [5.41, 5.74) is 6.27. The predicted molar refractivity (Wildman–Crippen MR) is 61.7 cm³/mol. The third-order valence-electron chi connectivity index (χ3n) is 1.98. The summed E-state index contributed by atoms with van der Waals surface area (Å²) in [6.45, 7) is -1.09. The Morgan fingerprint density at radius 3 is 2.50 bits per heavy atom. The Labute approximate surface area is 108 Å². The van der Waals surface area contributed by atoms with Crippen LogP contribution >= 0.6 is 11.6 Å². The van der Waals surface area contributed by atoms with Gasteiger partial charge in [-0.3, -0.25) is 0 Å². The highest BCUT2D eigenvalue weighted by molar-refractivity contribution is 6.32. The number of rotatable bonds is 6. The SMILES string of the molecule is NCc1ccc(OCCOCC(F)(F)F)c(Cl)c1. The highest BCUT2D eigenvalue weighted by Crippen LogP contribution is 2.25. The summed E-state index contributed by atoms with van der Waals surface area (Å²) in [5.74, 6) is 0.393. The van der Waals surface area contributed by atoms with Gasteiger partial charge in [0.2, 0.25) is 0 Å². The zero-order valence-electron chi connectivity index (χ0n) is 9.47. The number of benzene rings is 1. The van der Waals surface area contributed by atoms with Gasteiger partial charge in [-0.25, -0.2) is 0 Å². The van der Waals surface area contributed by atoms with Crippen LogP contribution in [0.15, 0.2) is 18.2 Å². The van der Waals surface area contributed by atoms with Crippen molar-refractivity contribution >= 4 is 11.6 Å². The van der Waals surface area contributed by atoms with E-state index in [9.17, 15) is 13.2 Å². The first-order chi connectivity index (χ1) is 8.42. The van der Waals surface area contributed by atoms with E-state index in [1.54, 1.807) is 18.2 Å². The number of alkyl halides is 3. The summed E-state index contributed by atoms with van der Waals surface area (Å²) in [4.78, 5) is 0. The molecule has 0 amide bonds. The van der Waals surface area contributed by atoms with Gasteiger partial charge in [-0.15, -0.1) is 0 Å². The molecular weight excluding hydrogens is 271 g/mol. The molecule has 2 N–H and O–H groups in total. The van der Waals surface area contributed by atoms with Crippen LogP contribution in [0.25, 0.3) is 0 Å². The van der Waals surface area contributed by atoms with Gasteiger partial charge in [-0.1, -0.05) is 17.7 Å². The van der Waals surface area contributed by atoms with Crippen molar-refractivity contribution in [3.63, 3.8) is 0 Å². The molecular formula is C11H13ClF3NO2. The Balaban J connectivity index is 2.31. The Morgan fingerprint density at radius 1 is 1.22 bits per heavy atom. The second kappa shape index (κ2) is 6.82. The van der Waals surface area contributed by atoms with Gasteiger partial charge in [0.25, 0.3) is 0 Å². The van der Waals surface area contributed by atoms with Gasteiger partial charge in [-0.2, -0.15) is 13.2 Å². The van der Waals surface area contributed by atoms with Crippen LogP contribution in [0.1, 0.15) is 5.56 Å². The van der Waals surface area contributed by atoms with E-state index in [2.05, 4.69) is 4.74 Å². The number of hydrogen-bond donors (Lipinski definition) is 1. The van der Waals surface area contributed by atoms with Gasteiger partial charge < -0.3 is 15.2 Å². The monoisotopic (exact) mass is 283 g/mol. The summed E-state index contributed by atoms with van der Waals surface area (Å²) in [7, 11) is 0. The number of hydrogen-bond acceptors (Lipinski definition) is 3. The molecule has 0 aromatic heterocycles. The molecule has 1 rings (SSSR count). The van der Waals surface area contributed by atoms with Gasteiger partial charge in [0.1, 0.15) is 19.0 Å². The van der Waals surface area contributed by atoms with E-state index in [0.29, 0.717) is 17.3 Å². The van der Waals surface area contributed by atoms with E-state index < -0.39 is 12.8 Å². The maximum atomic E-state index is 11.8. The minimum absolute atomic E-state index is 0.00221. The lowest BCUT2D eigenvalue weighted by Gasteiger charge is -2.10. The number of ether oxygens (including phenoxy) is 2. The van der Waals surface area contributed by atoms with E-state index in [1.165, 1.54) is 0 Å².